The van der Waals surface area contributed by atoms with E-state index in [2.05, 4.69) is 15.3 Å². The van der Waals surface area contributed by atoms with E-state index in [0.717, 1.165) is 62.5 Å². The average molecular weight is 236 g/mol. The predicted molar refractivity (Wildman–Crippen MR) is 66.9 cm³/mol. The van der Waals surface area contributed by atoms with Gasteiger partial charge in [-0.25, -0.2) is 9.97 Å². The van der Waals surface area contributed by atoms with Gasteiger partial charge in [-0.1, -0.05) is 0 Å². The Labute approximate surface area is 102 Å². The van der Waals surface area contributed by atoms with Crippen LogP contribution in [0.1, 0.15) is 23.5 Å². The molecule has 1 aliphatic heterocycles. The number of aryl methyl sites for hydroxylation is 1. The van der Waals surface area contributed by atoms with E-state index in [0.29, 0.717) is 5.82 Å². The summed E-state index contributed by atoms with van der Waals surface area (Å²) >= 11 is 0. The first kappa shape index (κ1) is 12.3. The van der Waals surface area contributed by atoms with Gasteiger partial charge < -0.3 is 15.8 Å². The fourth-order valence-electron chi connectivity index (χ4n) is 2.06. The highest BCUT2D eigenvalue weighted by Crippen LogP contribution is 2.18. The Morgan fingerprint density at radius 3 is 2.94 bits per heavy atom. The number of nitrogens with one attached hydrogen (secondary N) is 1. The fourth-order valence-corrected chi connectivity index (χ4v) is 2.06. The van der Waals surface area contributed by atoms with Crippen molar-refractivity contribution < 1.29 is 4.74 Å². The predicted octanol–water partition coefficient (Wildman–Crippen LogP) is 0.326. The molecule has 1 aromatic rings. The van der Waals surface area contributed by atoms with Crippen molar-refractivity contribution in [1.29, 1.82) is 0 Å². The number of hydrogen-bond donors (Lipinski definition) is 2. The molecule has 0 saturated heterocycles. The van der Waals surface area contributed by atoms with Crippen LogP contribution in [0.3, 0.4) is 0 Å². The first-order chi connectivity index (χ1) is 8.31. The lowest BCUT2D eigenvalue weighted by molar-refractivity contribution is 0.146. The molecule has 17 heavy (non-hydrogen) atoms. The second-order valence-corrected chi connectivity index (χ2v) is 4.27. The summed E-state index contributed by atoms with van der Waals surface area (Å²) in [6, 6.07) is 0. The molecule has 0 radical (unpaired) electrons. The number of aromatic nitrogens is 2. The van der Waals surface area contributed by atoms with Gasteiger partial charge >= 0.3 is 0 Å². The highest BCUT2D eigenvalue weighted by Gasteiger charge is 2.14. The fraction of sp³-hybridized carbons (Fsp3) is 0.667. The van der Waals surface area contributed by atoms with Crippen LogP contribution in [-0.2, 0) is 24.0 Å². The van der Waals surface area contributed by atoms with Crippen LogP contribution in [-0.4, -0.2) is 36.8 Å². The van der Waals surface area contributed by atoms with E-state index < -0.39 is 0 Å². The van der Waals surface area contributed by atoms with Crippen molar-refractivity contribution in [3.05, 3.63) is 17.1 Å². The van der Waals surface area contributed by atoms with Gasteiger partial charge in [-0.2, -0.15) is 0 Å². The molecule has 0 unspecified atom stereocenters. The van der Waals surface area contributed by atoms with E-state index in [4.69, 9.17) is 10.5 Å². The summed E-state index contributed by atoms with van der Waals surface area (Å²) in [5.74, 6) is 1.50. The van der Waals surface area contributed by atoms with Crippen molar-refractivity contribution in [2.24, 2.45) is 0 Å². The van der Waals surface area contributed by atoms with Crippen LogP contribution in [0.5, 0.6) is 0 Å². The lowest BCUT2D eigenvalue weighted by Gasteiger charge is -2.09. The Morgan fingerprint density at radius 2 is 2.12 bits per heavy atom. The minimum Gasteiger partial charge on any atom is -0.383 e. The van der Waals surface area contributed by atoms with Crippen molar-refractivity contribution in [3.8, 4) is 0 Å². The molecule has 0 atom stereocenters. The lowest BCUT2D eigenvalue weighted by Crippen LogP contribution is -2.12. The largest absolute Gasteiger partial charge is 0.383 e. The summed E-state index contributed by atoms with van der Waals surface area (Å²) in [7, 11) is 1.95. The molecule has 94 valence electrons. The zero-order valence-electron chi connectivity index (χ0n) is 10.3. The molecular weight excluding hydrogens is 216 g/mol. The second kappa shape index (κ2) is 5.93. The number of fused-ring (bicyclic) bond motifs is 1. The van der Waals surface area contributed by atoms with Crippen LogP contribution in [0.2, 0.25) is 0 Å². The summed E-state index contributed by atoms with van der Waals surface area (Å²) in [6.07, 6.45) is 3.59. The quantitative estimate of drug-likeness (QED) is 0.737. The third-order valence-corrected chi connectivity index (χ3v) is 2.98. The van der Waals surface area contributed by atoms with Gasteiger partial charge in [0.15, 0.2) is 0 Å². The first-order valence-electron chi connectivity index (χ1n) is 6.17. The zero-order chi connectivity index (χ0) is 12.1. The monoisotopic (exact) mass is 236 g/mol. The smallest absolute Gasteiger partial charge is 0.131 e. The van der Waals surface area contributed by atoms with Gasteiger partial charge in [0.2, 0.25) is 0 Å². The maximum atomic E-state index is 5.99. The molecule has 0 amide bonds. The second-order valence-electron chi connectivity index (χ2n) is 4.27. The van der Waals surface area contributed by atoms with Crippen molar-refractivity contribution >= 4 is 5.82 Å². The molecule has 0 bridgehead atoms. The molecule has 0 saturated carbocycles. The van der Waals surface area contributed by atoms with Crippen LogP contribution >= 0.6 is 0 Å². The van der Waals surface area contributed by atoms with Gasteiger partial charge in [0.1, 0.15) is 11.6 Å². The molecule has 1 aliphatic rings. The minimum absolute atomic E-state index is 0.639. The van der Waals surface area contributed by atoms with Crippen LogP contribution in [0, 0.1) is 0 Å². The highest BCUT2D eigenvalue weighted by atomic mass is 16.5. The van der Waals surface area contributed by atoms with Crippen molar-refractivity contribution in [2.45, 2.75) is 25.7 Å². The summed E-state index contributed by atoms with van der Waals surface area (Å²) in [4.78, 5) is 8.99. The molecule has 0 aliphatic carbocycles. The molecule has 5 heteroatoms. The van der Waals surface area contributed by atoms with Crippen LogP contribution < -0.4 is 11.1 Å². The van der Waals surface area contributed by atoms with Crippen molar-refractivity contribution in [2.75, 3.05) is 32.5 Å². The highest BCUT2D eigenvalue weighted by molar-refractivity contribution is 5.43. The van der Waals surface area contributed by atoms with Gasteiger partial charge in [0.25, 0.3) is 0 Å². The van der Waals surface area contributed by atoms with E-state index in [1.54, 1.807) is 0 Å². The summed E-state index contributed by atoms with van der Waals surface area (Å²) in [5, 5.41) is 3.12. The number of ether oxygens (including phenoxy) is 1. The molecule has 2 rings (SSSR count). The Kier molecular flexibility index (Phi) is 4.28. The summed E-state index contributed by atoms with van der Waals surface area (Å²) in [6.45, 7) is 2.43. The molecule has 5 nitrogen and oxygen atoms in total. The van der Waals surface area contributed by atoms with Crippen LogP contribution in [0.4, 0.5) is 5.82 Å². The maximum absolute atomic E-state index is 5.99. The van der Waals surface area contributed by atoms with E-state index in [9.17, 15) is 0 Å². The number of rotatable bonds is 4. The number of nitrogen functional groups attached to an aromatic ring is 1. The SMILES string of the molecule is CNCCCc1nc(N)c2c(n1)CCOCC2. The molecule has 0 aromatic carbocycles. The number of hydrogen-bond acceptors (Lipinski definition) is 5. The Bertz CT molecular complexity index is 381. The number of nitrogens with zero attached hydrogens (tertiary/aromatic N) is 2. The van der Waals surface area contributed by atoms with Gasteiger partial charge in [0.05, 0.1) is 18.9 Å². The van der Waals surface area contributed by atoms with Gasteiger partial charge in [0, 0.05) is 24.8 Å². The van der Waals surface area contributed by atoms with Gasteiger partial charge in [-0.15, -0.1) is 0 Å². The van der Waals surface area contributed by atoms with E-state index in [1.807, 2.05) is 7.05 Å². The third-order valence-electron chi connectivity index (χ3n) is 2.98. The molecule has 1 aromatic heterocycles. The summed E-state index contributed by atoms with van der Waals surface area (Å²) in [5.41, 5.74) is 8.15. The van der Waals surface area contributed by atoms with Crippen molar-refractivity contribution in [3.63, 3.8) is 0 Å². The van der Waals surface area contributed by atoms with Gasteiger partial charge in [-0.05, 0) is 20.0 Å². The topological polar surface area (TPSA) is 73.1 Å². The summed E-state index contributed by atoms with van der Waals surface area (Å²) < 4.78 is 5.44. The minimum atomic E-state index is 0.639. The molecule has 0 spiro atoms. The Hall–Kier alpha value is -1.20. The third kappa shape index (κ3) is 3.14. The standard InChI is InChI=1S/C12H20N4O/c1-14-6-2-3-11-15-10-5-8-17-7-4-9(10)12(13)16-11/h14H,2-8H2,1H3,(H2,13,15,16). The Balaban J connectivity index is 2.14. The van der Waals surface area contributed by atoms with Crippen LogP contribution in [0.25, 0.3) is 0 Å². The molecule has 2 heterocycles. The lowest BCUT2D eigenvalue weighted by atomic mass is 10.1. The zero-order valence-corrected chi connectivity index (χ0v) is 10.3. The van der Waals surface area contributed by atoms with Crippen molar-refractivity contribution in [1.82, 2.24) is 15.3 Å². The molecular formula is C12H20N4O. The molecule has 3 N–H and O–H groups in total. The normalized spacial score (nSPS) is 15.4. The molecule has 0 fully saturated rings. The van der Waals surface area contributed by atoms with Crippen LogP contribution in [0.15, 0.2) is 0 Å². The van der Waals surface area contributed by atoms with Gasteiger partial charge in [-0.3, -0.25) is 0 Å². The number of nitrogens with two attached hydrogens (primary N) is 1. The van der Waals surface area contributed by atoms with E-state index in [-0.39, 0.29) is 0 Å². The number of anilines is 1. The average Bonchev–Trinajstić information content (AvgIpc) is 2.55. The van der Waals surface area contributed by atoms with E-state index in [1.165, 1.54) is 0 Å². The first-order valence-corrected chi connectivity index (χ1v) is 6.17. The maximum Gasteiger partial charge on any atom is 0.131 e. The van der Waals surface area contributed by atoms with E-state index >= 15 is 0 Å². The Morgan fingerprint density at radius 1 is 1.29 bits per heavy atom.